The standard InChI is InChI=1S/C63H68N12O11S6/c1-31(2)38-23-44(76)51-33(4)91-60(73-51)40(24-47(77)64-5)67-54(81)42-28-87-56(69-42)37-20-21-39(58-71-46(30-90-58)75(22-12-8-11-15-49(79)80)62(83)35-16-18-36(19-17-35)63(84)85)66-52(37)41-27-88-59(68-41)43-29-89-61(70-43)50(32(3)34-13-9-7-10-14-34)72-48(78)25-65-55(82)53-45(26-86-6)92-57(38)74-53/h7,9-10,13-14,20-21,27-32,35-36,38,40,50H,8,11-12,15-19,22-26H2,1-6H3,(H,64,77)(H,65,82)(H,67,81)(H,72,78)(H,79,80)(H,84,85)/t32-,35?,36?,38?,40-,50-/m0/s1. The number of anilines is 1. The number of ether oxygens (including phenoxy) is 1. The quantitative estimate of drug-likeness (QED) is 0.0461. The van der Waals surface area contributed by atoms with Crippen molar-refractivity contribution in [2.24, 2.45) is 17.8 Å². The number of thiazole rings is 6. The molecule has 2 aliphatic rings. The van der Waals surface area contributed by atoms with Gasteiger partial charge in [0.15, 0.2) is 5.78 Å². The van der Waals surface area contributed by atoms with Crippen molar-refractivity contribution in [1.29, 1.82) is 0 Å². The SMILES string of the molecule is CNC(=O)C[C@@H]1NC(=O)c2csc(n2)-c2ccc(-c3nc(N(CCCCCC(=O)O)C(=O)C4CCC(C(=O)O)CC4)cs3)nc2-c2csc(n2)-c2csc(n2)[C@H]([C@@H](C)c2ccccc2)NC(=O)CNC(=O)c2nc(sc2COC)C(C(C)C)CC(=O)c2nc1sc2C. The molecule has 7 aromatic heterocycles. The lowest BCUT2D eigenvalue weighted by atomic mass is 9.81. The third kappa shape index (κ3) is 15.7. The fourth-order valence-corrected chi connectivity index (χ4v) is 16.8. The second-order valence-electron chi connectivity index (χ2n) is 22.9. The molecule has 1 aromatic carbocycles. The summed E-state index contributed by atoms with van der Waals surface area (Å²) in [6.07, 6.45) is 2.85. The van der Waals surface area contributed by atoms with E-state index >= 15 is 0 Å². The average molecular weight is 1360 g/mol. The normalized spacial score (nSPS) is 18.5. The number of fused-ring (bicyclic) bond motifs is 14. The zero-order chi connectivity index (χ0) is 65.3. The van der Waals surface area contributed by atoms with E-state index in [1.807, 2.05) is 67.9 Å². The van der Waals surface area contributed by atoms with Gasteiger partial charge in [0.25, 0.3) is 11.8 Å². The minimum absolute atomic E-state index is 0.000239. The van der Waals surface area contributed by atoms with Gasteiger partial charge in [0.2, 0.25) is 17.7 Å². The first kappa shape index (κ1) is 67.0. The highest BCUT2D eigenvalue weighted by atomic mass is 32.1. The first-order valence-electron chi connectivity index (χ1n) is 30.0. The number of rotatable bonds is 17. The number of carbonyl (C=O) groups excluding carboxylic acids is 6. The summed E-state index contributed by atoms with van der Waals surface area (Å²) >= 11 is 7.56. The van der Waals surface area contributed by atoms with Crippen LogP contribution in [0.1, 0.15) is 171 Å². The summed E-state index contributed by atoms with van der Waals surface area (Å²) in [5, 5.41) is 40.4. The number of unbranched alkanes of at least 4 members (excludes halogenated alkanes) is 2. The summed E-state index contributed by atoms with van der Waals surface area (Å²) < 4.78 is 5.51. The number of amides is 5. The molecule has 0 spiro atoms. The highest BCUT2D eigenvalue weighted by molar-refractivity contribution is 7.15. The number of benzene rings is 1. The van der Waals surface area contributed by atoms with Crippen molar-refractivity contribution in [2.75, 3.05) is 32.1 Å². The van der Waals surface area contributed by atoms with Crippen molar-refractivity contribution < 1.29 is 53.3 Å². The molecule has 10 rings (SSSR count). The zero-order valence-corrected chi connectivity index (χ0v) is 56.1. The molecule has 4 atom stereocenters. The van der Waals surface area contributed by atoms with E-state index in [0.717, 1.165) is 5.56 Å². The van der Waals surface area contributed by atoms with Gasteiger partial charge >= 0.3 is 11.9 Å². The topological polar surface area (TPSA) is 328 Å². The van der Waals surface area contributed by atoms with Crippen LogP contribution < -0.4 is 26.2 Å². The summed E-state index contributed by atoms with van der Waals surface area (Å²) in [5.74, 6) is -5.75. The van der Waals surface area contributed by atoms with Gasteiger partial charge < -0.3 is 36.2 Å². The third-order valence-corrected chi connectivity index (χ3v) is 22.0. The minimum atomic E-state index is -0.972. The summed E-state index contributed by atoms with van der Waals surface area (Å²) in [5.41, 5.74) is 3.50. The van der Waals surface area contributed by atoms with E-state index in [-0.39, 0.29) is 78.9 Å². The van der Waals surface area contributed by atoms with Gasteiger partial charge in [-0.1, -0.05) is 57.5 Å². The highest BCUT2D eigenvalue weighted by Crippen LogP contribution is 2.42. The molecule has 1 fully saturated rings. The van der Waals surface area contributed by atoms with Gasteiger partial charge in [-0.3, -0.25) is 43.3 Å². The molecule has 1 saturated carbocycles. The number of hydrogen-bond donors (Lipinski definition) is 6. The third-order valence-electron chi connectivity index (χ3n) is 16.2. The molecular formula is C63H68N12O11S6. The molecule has 5 amide bonds. The predicted molar refractivity (Wildman–Crippen MR) is 353 cm³/mol. The van der Waals surface area contributed by atoms with Gasteiger partial charge in [0, 0.05) is 83.3 Å². The first-order valence-corrected chi connectivity index (χ1v) is 35.2. The fraction of sp³-hybridized carbons (Fsp3) is 0.413. The molecule has 8 aromatic rings. The fourth-order valence-electron chi connectivity index (χ4n) is 11.1. The van der Waals surface area contributed by atoms with Crippen LogP contribution in [0.15, 0.2) is 64.0 Å². The second kappa shape index (κ2) is 30.2. The summed E-state index contributed by atoms with van der Waals surface area (Å²) in [6, 6.07) is 11.6. The van der Waals surface area contributed by atoms with Crippen molar-refractivity contribution in [3.05, 3.63) is 111 Å². The van der Waals surface area contributed by atoms with E-state index in [1.54, 1.807) is 28.7 Å². The number of carboxylic acids is 2. The smallest absolute Gasteiger partial charge is 0.306 e. The molecular weight excluding hydrogens is 1290 g/mol. The van der Waals surface area contributed by atoms with Gasteiger partial charge in [-0.15, -0.1) is 68.0 Å². The van der Waals surface area contributed by atoms with Crippen molar-refractivity contribution in [3.8, 4) is 43.4 Å². The van der Waals surface area contributed by atoms with Gasteiger partial charge in [0.1, 0.15) is 65.0 Å². The lowest BCUT2D eigenvalue weighted by Crippen LogP contribution is -2.40. The molecule has 1 aliphatic heterocycles. The number of aromatic nitrogens is 7. The Morgan fingerprint density at radius 2 is 1.39 bits per heavy atom. The number of hydrogen-bond acceptors (Lipinski definition) is 22. The van der Waals surface area contributed by atoms with Crippen LogP contribution >= 0.6 is 68.0 Å². The van der Waals surface area contributed by atoms with Crippen molar-refractivity contribution >= 4 is 121 Å². The van der Waals surface area contributed by atoms with Crippen molar-refractivity contribution in [1.82, 2.24) is 56.2 Å². The summed E-state index contributed by atoms with van der Waals surface area (Å²) in [7, 11) is 2.99. The summed E-state index contributed by atoms with van der Waals surface area (Å²) in [6.45, 7) is 7.58. The highest BCUT2D eigenvalue weighted by Gasteiger charge is 2.36. The Labute approximate surface area is 554 Å². The molecule has 29 heteroatoms. The van der Waals surface area contributed by atoms with Gasteiger partial charge in [-0.25, -0.2) is 34.9 Å². The largest absolute Gasteiger partial charge is 0.481 e. The molecule has 0 radical (unpaired) electrons. The first-order chi connectivity index (χ1) is 44.3. The number of nitrogens with zero attached hydrogens (tertiary/aromatic N) is 8. The molecule has 6 N–H and O–H groups in total. The van der Waals surface area contributed by atoms with E-state index in [4.69, 9.17) is 39.6 Å². The monoisotopic (exact) mass is 1360 g/mol. The van der Waals surface area contributed by atoms with E-state index in [2.05, 4.69) is 21.3 Å². The minimum Gasteiger partial charge on any atom is -0.481 e. The Kier molecular flexibility index (Phi) is 22.0. The van der Waals surface area contributed by atoms with Crippen molar-refractivity contribution in [3.63, 3.8) is 0 Å². The van der Waals surface area contributed by atoms with Crippen LogP contribution in [0.25, 0.3) is 43.4 Å². The van der Waals surface area contributed by atoms with E-state index in [1.165, 1.54) is 82.2 Å². The molecule has 1 aliphatic carbocycles. The van der Waals surface area contributed by atoms with Gasteiger partial charge in [0.05, 0.1) is 53.2 Å². The molecule has 0 saturated heterocycles. The molecule has 10 bridgehead atoms. The van der Waals surface area contributed by atoms with Crippen LogP contribution in [0.2, 0.25) is 0 Å². The lowest BCUT2D eigenvalue weighted by molar-refractivity contribution is -0.144. The van der Waals surface area contributed by atoms with Gasteiger partial charge in [-0.2, -0.15) is 0 Å². The second-order valence-corrected chi connectivity index (χ2v) is 28.7. The number of Topliss-reactive ketones (excluding diaryl/α,β-unsaturated/α-hetero) is 1. The van der Waals surface area contributed by atoms with Gasteiger partial charge in [-0.05, 0) is 69.1 Å². The maximum absolute atomic E-state index is 14.5. The number of aryl methyl sites for hydroxylation is 1. The molecule has 92 heavy (non-hydrogen) atoms. The maximum atomic E-state index is 14.5. The van der Waals surface area contributed by atoms with Crippen molar-refractivity contribution in [2.45, 2.75) is 122 Å². The van der Waals surface area contributed by atoms with Crippen LogP contribution in [0.3, 0.4) is 0 Å². The Morgan fingerprint density at radius 3 is 2.12 bits per heavy atom. The number of pyridine rings is 1. The number of nitrogens with one attached hydrogen (secondary N) is 4. The van der Waals surface area contributed by atoms with E-state index in [9.17, 15) is 48.6 Å². The zero-order valence-electron chi connectivity index (χ0n) is 51.2. The molecule has 1 unspecified atom stereocenters. The molecule has 23 nitrogen and oxygen atoms in total. The van der Waals surface area contributed by atoms with E-state index in [0.29, 0.717) is 119 Å². The maximum Gasteiger partial charge on any atom is 0.306 e. The molecule has 482 valence electrons. The Bertz CT molecular complexity index is 4010. The number of methoxy groups -OCH3 is 1. The van der Waals surface area contributed by atoms with Crippen LogP contribution in [0.4, 0.5) is 5.82 Å². The number of aliphatic carboxylic acids is 2. The van der Waals surface area contributed by atoms with Crippen LogP contribution in [0, 0.1) is 24.7 Å². The Morgan fingerprint density at radius 1 is 0.696 bits per heavy atom. The van der Waals surface area contributed by atoms with Crippen LogP contribution in [0.5, 0.6) is 0 Å². The predicted octanol–water partition coefficient (Wildman–Crippen LogP) is 11.1. The Balaban J connectivity index is 1.04. The number of ketones is 1. The van der Waals surface area contributed by atoms with Crippen LogP contribution in [-0.4, -0.2) is 120 Å². The number of carbonyl (C=O) groups is 8. The average Bonchev–Trinajstić information content (AvgIpc) is 1.61. The Hall–Kier alpha value is -7.93. The van der Waals surface area contributed by atoms with Crippen LogP contribution in [-0.2, 0) is 35.3 Å². The lowest BCUT2D eigenvalue weighted by Gasteiger charge is -2.30. The number of carboxylic acid groups (broad SMARTS) is 2. The molecule has 8 heterocycles. The summed E-state index contributed by atoms with van der Waals surface area (Å²) in [4.78, 5) is 145. The van der Waals surface area contributed by atoms with E-state index < -0.39 is 66.0 Å².